The van der Waals surface area contributed by atoms with Crippen LogP contribution in [-0.2, 0) is 22.4 Å². The minimum absolute atomic E-state index is 0.155. The second-order valence-corrected chi connectivity index (χ2v) is 4.85. The summed E-state index contributed by atoms with van der Waals surface area (Å²) < 4.78 is 10.3. The Morgan fingerprint density at radius 3 is 2.59 bits per heavy atom. The van der Waals surface area contributed by atoms with Gasteiger partial charge in [0.15, 0.2) is 5.76 Å². The lowest BCUT2D eigenvalue weighted by Crippen LogP contribution is -2.27. The highest BCUT2D eigenvalue weighted by Crippen LogP contribution is 2.11. The van der Waals surface area contributed by atoms with E-state index in [1.165, 1.54) is 12.5 Å². The van der Waals surface area contributed by atoms with Crippen LogP contribution in [0, 0.1) is 0 Å². The van der Waals surface area contributed by atoms with Crippen molar-refractivity contribution in [2.24, 2.45) is 0 Å². The fraction of sp³-hybridized carbons (Fsp3) is 0.294. The highest BCUT2D eigenvalue weighted by atomic mass is 16.5. The molecule has 0 fully saturated rings. The molecule has 2 aromatic rings. The molecule has 22 heavy (non-hydrogen) atoms. The van der Waals surface area contributed by atoms with Gasteiger partial charge in [0.2, 0.25) is 0 Å². The fourth-order valence-corrected chi connectivity index (χ4v) is 1.99. The molecule has 1 heterocycles. The van der Waals surface area contributed by atoms with Crippen LogP contribution in [0.2, 0.25) is 0 Å². The zero-order chi connectivity index (χ0) is 15.8. The number of rotatable bonds is 7. The van der Waals surface area contributed by atoms with E-state index in [0.29, 0.717) is 0 Å². The Bertz CT molecular complexity index is 619. The summed E-state index contributed by atoms with van der Waals surface area (Å²) in [6.45, 7) is 1.74. The molecular weight excluding hydrogens is 282 g/mol. The Morgan fingerprint density at radius 1 is 1.09 bits per heavy atom. The minimum atomic E-state index is -0.365. The van der Waals surface area contributed by atoms with E-state index in [2.05, 4.69) is 17.4 Å². The molecule has 1 amide bonds. The molecule has 0 atom stereocenters. The first kappa shape index (κ1) is 15.8. The Kier molecular flexibility index (Phi) is 5.77. The van der Waals surface area contributed by atoms with Crippen molar-refractivity contribution >= 4 is 11.9 Å². The monoisotopic (exact) mass is 301 g/mol. The number of nitrogens with one attached hydrogen (secondary N) is 1. The van der Waals surface area contributed by atoms with Gasteiger partial charge in [0.1, 0.15) is 12.4 Å². The molecule has 1 aromatic carbocycles. The van der Waals surface area contributed by atoms with Crippen molar-refractivity contribution < 1.29 is 18.7 Å². The van der Waals surface area contributed by atoms with Crippen LogP contribution in [0.4, 0.5) is 0 Å². The van der Waals surface area contributed by atoms with Gasteiger partial charge in [-0.2, -0.15) is 0 Å². The van der Waals surface area contributed by atoms with Crippen molar-refractivity contribution in [1.82, 2.24) is 5.32 Å². The summed E-state index contributed by atoms with van der Waals surface area (Å²) in [5.74, 6) is 0.369. The van der Waals surface area contributed by atoms with E-state index >= 15 is 0 Å². The second kappa shape index (κ2) is 8.02. The molecule has 0 spiro atoms. The molecule has 0 aliphatic heterocycles. The number of hydrogen-bond acceptors (Lipinski definition) is 4. The highest BCUT2D eigenvalue weighted by Gasteiger charge is 2.10. The SMILES string of the molecule is CC(=O)OCCNC(=O)c1ccc(CCc2ccccc2)o1. The standard InChI is InChI=1S/C17H19NO4/c1-13(19)21-12-11-18-17(20)16-10-9-15(22-16)8-7-14-5-3-2-4-6-14/h2-6,9-10H,7-8,11-12H2,1H3,(H,18,20). The normalized spacial score (nSPS) is 10.2. The van der Waals surface area contributed by atoms with Crippen molar-refractivity contribution in [3.8, 4) is 0 Å². The summed E-state index contributed by atoms with van der Waals surface area (Å²) >= 11 is 0. The summed E-state index contributed by atoms with van der Waals surface area (Å²) in [5.41, 5.74) is 1.23. The molecule has 0 bridgehead atoms. The van der Waals surface area contributed by atoms with Crippen LogP contribution >= 0.6 is 0 Å². The number of carbonyl (C=O) groups excluding carboxylic acids is 2. The van der Waals surface area contributed by atoms with Gasteiger partial charge in [0.05, 0.1) is 6.54 Å². The van der Waals surface area contributed by atoms with Crippen LogP contribution in [0.3, 0.4) is 0 Å². The average molecular weight is 301 g/mol. The lowest BCUT2D eigenvalue weighted by Gasteiger charge is -2.03. The maximum absolute atomic E-state index is 11.8. The van der Waals surface area contributed by atoms with Crippen LogP contribution in [0.1, 0.15) is 28.8 Å². The molecule has 2 rings (SSSR count). The molecular formula is C17H19NO4. The van der Waals surface area contributed by atoms with Gasteiger partial charge in [-0.1, -0.05) is 30.3 Å². The molecule has 0 saturated heterocycles. The predicted octanol–water partition coefficient (Wildman–Crippen LogP) is 2.36. The lowest BCUT2D eigenvalue weighted by molar-refractivity contribution is -0.140. The molecule has 5 nitrogen and oxygen atoms in total. The smallest absolute Gasteiger partial charge is 0.302 e. The summed E-state index contributed by atoms with van der Waals surface area (Å²) in [6.07, 6.45) is 1.60. The van der Waals surface area contributed by atoms with Crippen LogP contribution in [-0.4, -0.2) is 25.0 Å². The van der Waals surface area contributed by atoms with Crippen LogP contribution in [0.5, 0.6) is 0 Å². The molecule has 0 radical (unpaired) electrons. The first-order valence-electron chi connectivity index (χ1n) is 7.19. The third kappa shape index (κ3) is 5.09. The van der Waals surface area contributed by atoms with Gasteiger partial charge in [-0.25, -0.2) is 0 Å². The second-order valence-electron chi connectivity index (χ2n) is 4.85. The molecule has 0 aliphatic carbocycles. The fourth-order valence-electron chi connectivity index (χ4n) is 1.99. The van der Waals surface area contributed by atoms with Gasteiger partial charge in [-0.3, -0.25) is 9.59 Å². The van der Waals surface area contributed by atoms with Gasteiger partial charge < -0.3 is 14.5 Å². The maximum atomic E-state index is 11.8. The maximum Gasteiger partial charge on any atom is 0.302 e. The number of esters is 1. The van der Waals surface area contributed by atoms with Crippen LogP contribution < -0.4 is 5.32 Å². The summed E-state index contributed by atoms with van der Waals surface area (Å²) in [4.78, 5) is 22.4. The van der Waals surface area contributed by atoms with Crippen LogP contribution in [0.25, 0.3) is 0 Å². The summed E-state index contributed by atoms with van der Waals surface area (Å²) in [6, 6.07) is 13.6. The molecule has 116 valence electrons. The Labute approximate surface area is 129 Å². The van der Waals surface area contributed by atoms with Crippen molar-refractivity contribution in [3.05, 3.63) is 59.5 Å². The highest BCUT2D eigenvalue weighted by molar-refractivity contribution is 5.91. The number of carbonyl (C=O) groups is 2. The Morgan fingerprint density at radius 2 is 1.86 bits per heavy atom. The summed E-state index contributed by atoms with van der Waals surface area (Å²) in [5, 5.41) is 2.63. The largest absolute Gasteiger partial charge is 0.464 e. The van der Waals surface area contributed by atoms with Gasteiger partial charge in [0, 0.05) is 13.3 Å². The van der Waals surface area contributed by atoms with Crippen molar-refractivity contribution in [3.63, 3.8) is 0 Å². The van der Waals surface area contributed by atoms with E-state index in [0.717, 1.165) is 18.6 Å². The number of ether oxygens (including phenoxy) is 1. The molecule has 0 saturated carbocycles. The molecule has 0 unspecified atom stereocenters. The van der Waals surface area contributed by atoms with E-state index < -0.39 is 0 Å². The Hall–Kier alpha value is -2.56. The zero-order valence-corrected chi connectivity index (χ0v) is 12.5. The predicted molar refractivity (Wildman–Crippen MR) is 81.5 cm³/mol. The molecule has 5 heteroatoms. The number of aryl methyl sites for hydroxylation is 2. The number of benzene rings is 1. The van der Waals surface area contributed by atoms with Crippen molar-refractivity contribution in [2.45, 2.75) is 19.8 Å². The van der Waals surface area contributed by atoms with E-state index in [1.54, 1.807) is 6.07 Å². The topological polar surface area (TPSA) is 68.5 Å². The summed E-state index contributed by atoms with van der Waals surface area (Å²) in [7, 11) is 0. The molecule has 1 N–H and O–H groups in total. The molecule has 1 aromatic heterocycles. The minimum Gasteiger partial charge on any atom is -0.464 e. The molecule has 0 aliphatic rings. The van der Waals surface area contributed by atoms with Crippen molar-refractivity contribution in [2.75, 3.05) is 13.2 Å². The van der Waals surface area contributed by atoms with Gasteiger partial charge >= 0.3 is 5.97 Å². The average Bonchev–Trinajstić information content (AvgIpc) is 2.99. The van der Waals surface area contributed by atoms with E-state index in [4.69, 9.17) is 9.15 Å². The first-order chi connectivity index (χ1) is 10.6. The van der Waals surface area contributed by atoms with E-state index in [1.807, 2.05) is 24.3 Å². The first-order valence-corrected chi connectivity index (χ1v) is 7.19. The third-order valence-electron chi connectivity index (χ3n) is 3.08. The van der Waals surface area contributed by atoms with E-state index in [9.17, 15) is 9.59 Å². The van der Waals surface area contributed by atoms with Gasteiger partial charge in [-0.05, 0) is 24.1 Å². The zero-order valence-electron chi connectivity index (χ0n) is 12.5. The van der Waals surface area contributed by atoms with Crippen molar-refractivity contribution in [1.29, 1.82) is 0 Å². The number of amides is 1. The number of furan rings is 1. The van der Waals surface area contributed by atoms with Gasteiger partial charge in [0.25, 0.3) is 5.91 Å². The number of hydrogen-bond donors (Lipinski definition) is 1. The van der Waals surface area contributed by atoms with E-state index in [-0.39, 0.29) is 30.8 Å². The Balaban J connectivity index is 1.78. The quantitative estimate of drug-likeness (QED) is 0.629. The van der Waals surface area contributed by atoms with Gasteiger partial charge in [-0.15, -0.1) is 0 Å². The van der Waals surface area contributed by atoms with Crippen LogP contribution in [0.15, 0.2) is 46.9 Å². The third-order valence-corrected chi connectivity index (χ3v) is 3.08. The lowest BCUT2D eigenvalue weighted by atomic mass is 10.1.